The third-order valence-electron chi connectivity index (χ3n) is 5.28. The van der Waals surface area contributed by atoms with E-state index in [2.05, 4.69) is 0 Å². The van der Waals surface area contributed by atoms with Gasteiger partial charge in [0.05, 0.1) is 30.4 Å². The van der Waals surface area contributed by atoms with E-state index in [4.69, 9.17) is 25.8 Å². The number of amides is 1. The van der Waals surface area contributed by atoms with Gasteiger partial charge in [-0.2, -0.15) is 4.31 Å². The lowest BCUT2D eigenvalue weighted by Gasteiger charge is -2.25. The van der Waals surface area contributed by atoms with Crippen molar-refractivity contribution in [1.29, 1.82) is 0 Å². The summed E-state index contributed by atoms with van der Waals surface area (Å²) in [5.74, 6) is 0.178. The lowest BCUT2D eigenvalue weighted by atomic mass is 10.1. The van der Waals surface area contributed by atoms with Crippen molar-refractivity contribution in [1.82, 2.24) is 0 Å². The second-order valence-electron chi connectivity index (χ2n) is 7.92. The Morgan fingerprint density at radius 3 is 1.92 bits per heavy atom. The maximum Gasteiger partial charge on any atom is 0.272 e. The van der Waals surface area contributed by atoms with Gasteiger partial charge >= 0.3 is 0 Å². The molecule has 0 saturated heterocycles. The third-order valence-corrected chi connectivity index (χ3v) is 7.24. The molecule has 3 aromatic carbocycles. The number of aryl methyl sites for hydroxylation is 2. The molecule has 3 rings (SSSR count). The first-order valence-corrected chi connectivity index (χ1v) is 13.4. The minimum atomic E-state index is -4.32. The van der Waals surface area contributed by atoms with Crippen LogP contribution in [0.5, 0.6) is 17.2 Å². The summed E-state index contributed by atoms with van der Waals surface area (Å²) in [6.07, 6.45) is 0. The van der Waals surface area contributed by atoms with Gasteiger partial charge in [-0.3, -0.25) is 4.79 Å². The predicted octanol–water partition coefficient (Wildman–Crippen LogP) is 6.19. The van der Waals surface area contributed by atoms with Gasteiger partial charge in [0.25, 0.3) is 15.9 Å². The van der Waals surface area contributed by atoms with Gasteiger partial charge in [-0.05, 0) is 88.2 Å². The first-order chi connectivity index (χ1) is 17.1. The van der Waals surface area contributed by atoms with Crippen molar-refractivity contribution in [2.45, 2.75) is 39.5 Å². The Labute approximate surface area is 217 Å². The molecule has 0 aliphatic carbocycles. The zero-order valence-corrected chi connectivity index (χ0v) is 22.6. The van der Waals surface area contributed by atoms with Crippen molar-refractivity contribution in [2.75, 3.05) is 24.1 Å². The molecule has 0 fully saturated rings. The highest BCUT2D eigenvalue weighted by atomic mass is 35.5. The van der Waals surface area contributed by atoms with Crippen LogP contribution < -0.4 is 18.5 Å². The number of sulfonamides is 1. The monoisotopic (exact) mass is 531 g/mol. The number of benzene rings is 3. The van der Waals surface area contributed by atoms with Crippen molar-refractivity contribution in [3.8, 4) is 17.2 Å². The van der Waals surface area contributed by atoms with E-state index in [9.17, 15) is 13.2 Å². The molecule has 36 heavy (non-hydrogen) atoms. The highest BCUT2D eigenvalue weighted by molar-refractivity contribution is 7.93. The molecule has 0 atom stereocenters. The fraction of sp³-hybridized carbons (Fsp3) is 0.296. The molecule has 0 N–H and O–H groups in total. The molecule has 9 heteroatoms. The Morgan fingerprint density at radius 1 is 0.833 bits per heavy atom. The van der Waals surface area contributed by atoms with Gasteiger partial charge in [-0.25, -0.2) is 8.42 Å². The lowest BCUT2D eigenvalue weighted by Crippen LogP contribution is -2.37. The van der Waals surface area contributed by atoms with Gasteiger partial charge in [0, 0.05) is 10.6 Å². The lowest BCUT2D eigenvalue weighted by molar-refractivity contribution is 0.100. The Bertz CT molecular complexity index is 1310. The Kier molecular flexibility index (Phi) is 8.87. The summed E-state index contributed by atoms with van der Waals surface area (Å²) in [7, 11) is -4.32. The van der Waals surface area contributed by atoms with Gasteiger partial charge < -0.3 is 14.2 Å². The molecule has 0 unspecified atom stereocenters. The highest BCUT2D eigenvalue weighted by Gasteiger charge is 2.34. The molecule has 3 aromatic rings. The Balaban J connectivity index is 2.27. The van der Waals surface area contributed by atoms with Crippen LogP contribution in [0, 0.1) is 13.8 Å². The second-order valence-corrected chi connectivity index (χ2v) is 10.1. The molecular weight excluding hydrogens is 502 g/mol. The number of carbonyl (C=O) groups excluding carboxylic acids is 1. The molecule has 0 saturated carbocycles. The molecule has 0 spiro atoms. The van der Waals surface area contributed by atoms with Gasteiger partial charge in [0.2, 0.25) is 5.75 Å². The summed E-state index contributed by atoms with van der Waals surface area (Å²) in [4.78, 5) is 14.0. The summed E-state index contributed by atoms with van der Waals surface area (Å²) in [6.45, 7) is 9.99. The molecular formula is C27H30ClNO6S. The SMILES string of the molecule is CCOc1cc(C(=O)N(c2cc(C)ccc2C)S(=O)(=O)c2ccc(Cl)cc2)cc(OCC)c1OCC. The first kappa shape index (κ1) is 27.4. The number of hydrogen-bond donors (Lipinski definition) is 0. The fourth-order valence-electron chi connectivity index (χ4n) is 3.63. The molecule has 7 nitrogen and oxygen atoms in total. The van der Waals surface area contributed by atoms with E-state index in [1.807, 2.05) is 19.9 Å². The molecule has 1 amide bonds. The first-order valence-electron chi connectivity index (χ1n) is 11.6. The molecule has 0 aliphatic heterocycles. The smallest absolute Gasteiger partial charge is 0.272 e. The van der Waals surface area contributed by atoms with Crippen molar-refractivity contribution < 1.29 is 27.4 Å². The summed E-state index contributed by atoms with van der Waals surface area (Å²) in [5, 5.41) is 0.382. The topological polar surface area (TPSA) is 82.1 Å². The summed E-state index contributed by atoms with van der Waals surface area (Å²) in [6, 6.07) is 13.9. The van der Waals surface area contributed by atoms with E-state index in [-0.39, 0.29) is 16.1 Å². The van der Waals surface area contributed by atoms with Crippen LogP contribution in [-0.2, 0) is 10.0 Å². The van der Waals surface area contributed by atoms with Gasteiger partial charge in [0.1, 0.15) is 0 Å². The number of carbonyl (C=O) groups is 1. The van der Waals surface area contributed by atoms with Crippen molar-refractivity contribution in [2.24, 2.45) is 0 Å². The maximum atomic E-state index is 14.0. The van der Waals surface area contributed by atoms with Crippen LogP contribution in [0.1, 0.15) is 42.3 Å². The summed E-state index contributed by atoms with van der Waals surface area (Å²) in [5.41, 5.74) is 1.74. The Morgan fingerprint density at radius 2 is 1.39 bits per heavy atom. The van der Waals surface area contributed by atoms with E-state index >= 15 is 0 Å². The van der Waals surface area contributed by atoms with Crippen molar-refractivity contribution >= 4 is 33.2 Å². The molecule has 0 heterocycles. The number of nitrogens with zero attached hydrogens (tertiary/aromatic N) is 1. The minimum absolute atomic E-state index is 0.0674. The predicted molar refractivity (Wildman–Crippen MR) is 141 cm³/mol. The number of ether oxygens (including phenoxy) is 3. The third kappa shape index (κ3) is 5.77. The van der Waals surface area contributed by atoms with Crippen LogP contribution in [0.25, 0.3) is 0 Å². The molecule has 0 bridgehead atoms. The zero-order valence-electron chi connectivity index (χ0n) is 21.0. The van der Waals surface area contributed by atoms with Crippen LogP contribution in [-0.4, -0.2) is 34.1 Å². The molecule has 0 radical (unpaired) electrons. The van der Waals surface area contributed by atoms with Crippen LogP contribution >= 0.6 is 11.6 Å². The zero-order chi connectivity index (χ0) is 26.5. The second kappa shape index (κ2) is 11.7. The standard InChI is InChI=1S/C27H30ClNO6S/c1-6-33-24-16-20(17-25(34-7-2)26(24)35-8-3)27(30)29(23-15-18(4)9-10-19(23)5)36(31,32)22-13-11-21(28)12-14-22/h9-17H,6-8H2,1-5H3. The van der Waals surface area contributed by atoms with E-state index in [1.54, 1.807) is 32.9 Å². The summed E-state index contributed by atoms with van der Waals surface area (Å²) < 4.78 is 45.8. The maximum absolute atomic E-state index is 14.0. The molecule has 0 aliphatic rings. The van der Waals surface area contributed by atoms with E-state index < -0.39 is 15.9 Å². The van der Waals surface area contributed by atoms with Crippen LogP contribution in [0.3, 0.4) is 0 Å². The number of halogens is 1. The van der Waals surface area contributed by atoms with Gasteiger partial charge in [0.15, 0.2) is 11.5 Å². The van der Waals surface area contributed by atoms with E-state index in [0.29, 0.717) is 47.7 Å². The average molecular weight is 532 g/mol. The quantitative estimate of drug-likeness (QED) is 0.310. The van der Waals surface area contributed by atoms with Crippen molar-refractivity contribution in [3.63, 3.8) is 0 Å². The fourth-order valence-corrected chi connectivity index (χ4v) is 5.22. The molecule has 192 valence electrons. The van der Waals surface area contributed by atoms with E-state index in [0.717, 1.165) is 9.87 Å². The Hall–Kier alpha value is -3.23. The van der Waals surface area contributed by atoms with Crippen LogP contribution in [0.4, 0.5) is 5.69 Å². The average Bonchev–Trinajstić information content (AvgIpc) is 2.83. The highest BCUT2D eigenvalue weighted by Crippen LogP contribution is 2.40. The molecule has 0 aromatic heterocycles. The number of rotatable bonds is 10. The largest absolute Gasteiger partial charge is 0.490 e. The number of anilines is 1. The van der Waals surface area contributed by atoms with Crippen LogP contribution in [0.15, 0.2) is 59.5 Å². The van der Waals surface area contributed by atoms with Gasteiger partial charge in [-0.1, -0.05) is 23.7 Å². The summed E-state index contributed by atoms with van der Waals surface area (Å²) >= 11 is 5.98. The number of hydrogen-bond acceptors (Lipinski definition) is 6. The van der Waals surface area contributed by atoms with Crippen LogP contribution in [0.2, 0.25) is 5.02 Å². The van der Waals surface area contributed by atoms with E-state index in [1.165, 1.54) is 36.4 Å². The van der Waals surface area contributed by atoms with Gasteiger partial charge in [-0.15, -0.1) is 0 Å². The van der Waals surface area contributed by atoms with Crippen molar-refractivity contribution in [3.05, 3.63) is 76.3 Å². The normalized spacial score (nSPS) is 11.2. The minimum Gasteiger partial charge on any atom is -0.490 e.